The van der Waals surface area contributed by atoms with Gasteiger partial charge in [-0.2, -0.15) is 0 Å². The predicted molar refractivity (Wildman–Crippen MR) is 97.1 cm³/mol. The summed E-state index contributed by atoms with van der Waals surface area (Å²) in [6, 6.07) is 18.0. The number of likely N-dealkylation sites (tertiary alicyclic amines) is 1. The van der Waals surface area contributed by atoms with Crippen molar-refractivity contribution in [2.45, 2.75) is 32.0 Å². The van der Waals surface area contributed by atoms with E-state index in [0.717, 1.165) is 11.1 Å². The van der Waals surface area contributed by atoms with Gasteiger partial charge in [-0.1, -0.05) is 60.7 Å². The number of imide groups is 1. The van der Waals surface area contributed by atoms with Crippen LogP contribution in [0.25, 0.3) is 0 Å². The highest BCUT2D eigenvalue weighted by Gasteiger charge is 2.54. The summed E-state index contributed by atoms with van der Waals surface area (Å²) in [6.45, 7) is -0.129. The summed E-state index contributed by atoms with van der Waals surface area (Å²) in [5.41, 5.74) is 1.48. The summed E-state index contributed by atoms with van der Waals surface area (Å²) in [5, 5.41) is -1.09. The van der Waals surface area contributed by atoms with Gasteiger partial charge < -0.3 is 9.47 Å². The molecule has 1 heterocycles. The summed E-state index contributed by atoms with van der Waals surface area (Å²) in [6.07, 6.45) is -0.0394. The highest BCUT2D eigenvalue weighted by atomic mass is 35.5. The number of halogens is 1. The maximum absolute atomic E-state index is 12.4. The van der Waals surface area contributed by atoms with Gasteiger partial charge in [0.15, 0.2) is 0 Å². The lowest BCUT2D eigenvalue weighted by molar-refractivity contribution is -0.286. The molecule has 1 aliphatic heterocycles. The fraction of sp³-hybridized carbons (Fsp3) is 0.250. The molecule has 140 valence electrons. The monoisotopic (exact) mass is 387 g/mol. The number of rotatable bonds is 8. The SMILES string of the molecule is O=C1CCC(=O)N1C(OCc1ccccc1)(OCc1ccccc1)C(=O)Cl. The third-order valence-corrected chi connectivity index (χ3v) is 4.39. The van der Waals surface area contributed by atoms with Crippen molar-refractivity contribution < 1.29 is 23.9 Å². The van der Waals surface area contributed by atoms with E-state index < -0.39 is 23.0 Å². The Balaban J connectivity index is 1.90. The van der Waals surface area contributed by atoms with Gasteiger partial charge in [0.25, 0.3) is 0 Å². The minimum absolute atomic E-state index is 0.0197. The van der Waals surface area contributed by atoms with Crippen LogP contribution in [0.1, 0.15) is 24.0 Å². The van der Waals surface area contributed by atoms with Crippen molar-refractivity contribution in [3.63, 3.8) is 0 Å². The second-order valence-corrected chi connectivity index (χ2v) is 6.37. The first kappa shape index (κ1) is 19.2. The second-order valence-electron chi connectivity index (χ2n) is 6.03. The van der Waals surface area contributed by atoms with Gasteiger partial charge in [0.05, 0.1) is 13.2 Å². The van der Waals surface area contributed by atoms with Gasteiger partial charge in [-0.3, -0.25) is 14.4 Å². The number of hydrogen-bond donors (Lipinski definition) is 0. The van der Waals surface area contributed by atoms with Gasteiger partial charge in [0.1, 0.15) is 0 Å². The summed E-state index contributed by atoms with van der Waals surface area (Å²) in [7, 11) is 0. The van der Waals surface area contributed by atoms with Crippen LogP contribution in [-0.2, 0) is 37.1 Å². The Kier molecular flexibility index (Phi) is 6.01. The van der Waals surface area contributed by atoms with E-state index in [1.807, 2.05) is 12.1 Å². The van der Waals surface area contributed by atoms with E-state index in [9.17, 15) is 14.4 Å². The first-order valence-corrected chi connectivity index (χ1v) is 8.82. The highest BCUT2D eigenvalue weighted by Crippen LogP contribution is 2.31. The molecule has 0 atom stereocenters. The van der Waals surface area contributed by atoms with Crippen LogP contribution < -0.4 is 0 Å². The molecule has 0 bridgehead atoms. The van der Waals surface area contributed by atoms with Crippen LogP contribution in [-0.4, -0.2) is 27.9 Å². The number of ether oxygens (including phenoxy) is 2. The Hall–Kier alpha value is -2.54. The number of carbonyl (C=O) groups is 3. The lowest BCUT2D eigenvalue weighted by Crippen LogP contribution is -2.59. The number of amides is 2. The van der Waals surface area contributed by atoms with Crippen molar-refractivity contribution in [2.75, 3.05) is 0 Å². The zero-order chi connectivity index (χ0) is 19.3. The first-order chi connectivity index (χ1) is 13.0. The molecule has 0 saturated carbocycles. The van der Waals surface area contributed by atoms with E-state index in [1.54, 1.807) is 48.5 Å². The lowest BCUT2D eigenvalue weighted by Gasteiger charge is -2.36. The van der Waals surface area contributed by atoms with Gasteiger partial charge in [0, 0.05) is 12.8 Å². The van der Waals surface area contributed by atoms with Crippen molar-refractivity contribution in [3.05, 3.63) is 71.8 Å². The van der Waals surface area contributed by atoms with Crippen LogP contribution in [0.4, 0.5) is 0 Å². The van der Waals surface area contributed by atoms with Crippen LogP contribution in [0.15, 0.2) is 60.7 Å². The fourth-order valence-corrected chi connectivity index (χ4v) is 2.98. The van der Waals surface area contributed by atoms with Crippen LogP contribution in [0, 0.1) is 0 Å². The van der Waals surface area contributed by atoms with Crippen molar-refractivity contribution in [1.29, 1.82) is 0 Å². The number of nitrogens with zero attached hydrogens (tertiary/aromatic N) is 1. The molecule has 1 saturated heterocycles. The Labute approximate surface area is 161 Å². The Morgan fingerprint density at radius 1 is 0.852 bits per heavy atom. The normalized spacial score (nSPS) is 14.6. The summed E-state index contributed by atoms with van der Waals surface area (Å²) in [5.74, 6) is -3.43. The smallest absolute Gasteiger partial charge is 0.320 e. The molecule has 2 amide bonds. The van der Waals surface area contributed by atoms with E-state index >= 15 is 0 Å². The Morgan fingerprint density at radius 3 is 1.63 bits per heavy atom. The molecule has 7 heteroatoms. The number of carbonyl (C=O) groups excluding carboxylic acids is 3. The first-order valence-electron chi connectivity index (χ1n) is 8.44. The molecule has 6 nitrogen and oxygen atoms in total. The molecule has 0 spiro atoms. The maximum Gasteiger partial charge on any atom is 0.340 e. The van der Waals surface area contributed by atoms with E-state index in [0.29, 0.717) is 4.90 Å². The average molecular weight is 388 g/mol. The molecule has 1 fully saturated rings. The number of hydrogen-bond acceptors (Lipinski definition) is 5. The van der Waals surface area contributed by atoms with Crippen molar-refractivity contribution in [3.8, 4) is 0 Å². The van der Waals surface area contributed by atoms with Gasteiger partial charge in [-0.15, -0.1) is 0 Å². The molecule has 0 N–H and O–H groups in total. The van der Waals surface area contributed by atoms with E-state index in [4.69, 9.17) is 21.1 Å². The van der Waals surface area contributed by atoms with E-state index in [2.05, 4.69) is 0 Å². The van der Waals surface area contributed by atoms with Crippen LogP contribution >= 0.6 is 11.6 Å². The van der Waals surface area contributed by atoms with Crippen molar-refractivity contribution >= 4 is 28.7 Å². The molecule has 0 unspecified atom stereocenters. The zero-order valence-corrected chi connectivity index (χ0v) is 15.2. The molecule has 3 rings (SSSR count). The van der Waals surface area contributed by atoms with Crippen LogP contribution in [0.3, 0.4) is 0 Å². The van der Waals surface area contributed by atoms with Gasteiger partial charge >= 0.3 is 11.2 Å². The largest absolute Gasteiger partial charge is 0.340 e. The molecular weight excluding hydrogens is 370 g/mol. The molecule has 0 aromatic heterocycles. The van der Waals surface area contributed by atoms with Gasteiger partial charge in [-0.05, 0) is 22.7 Å². The van der Waals surface area contributed by atoms with Crippen LogP contribution in [0.5, 0.6) is 0 Å². The van der Waals surface area contributed by atoms with Crippen molar-refractivity contribution in [1.82, 2.24) is 4.90 Å². The van der Waals surface area contributed by atoms with Crippen LogP contribution in [0.2, 0.25) is 0 Å². The molecule has 2 aromatic carbocycles. The second kappa shape index (κ2) is 8.43. The standard InChI is InChI=1S/C20H18ClNO5/c21-19(25)20(22-17(23)11-12-18(22)24,26-13-15-7-3-1-4-8-15)27-14-16-9-5-2-6-10-16/h1-10H,11-14H2. The quantitative estimate of drug-likeness (QED) is 0.395. The predicted octanol–water partition coefficient (Wildman–Crippen LogP) is 2.99. The topological polar surface area (TPSA) is 72.9 Å². The molecule has 1 aliphatic rings. The zero-order valence-electron chi connectivity index (χ0n) is 14.5. The van der Waals surface area contributed by atoms with E-state index in [1.165, 1.54) is 0 Å². The molecule has 0 aliphatic carbocycles. The van der Waals surface area contributed by atoms with E-state index in [-0.39, 0.29) is 26.1 Å². The highest BCUT2D eigenvalue weighted by molar-refractivity contribution is 6.65. The third kappa shape index (κ3) is 4.24. The summed E-state index contributed by atoms with van der Waals surface area (Å²) in [4.78, 5) is 37.6. The maximum atomic E-state index is 12.4. The fourth-order valence-electron chi connectivity index (χ4n) is 2.79. The molecule has 27 heavy (non-hydrogen) atoms. The minimum atomic E-state index is -2.31. The van der Waals surface area contributed by atoms with Gasteiger partial charge in [-0.25, -0.2) is 4.90 Å². The van der Waals surface area contributed by atoms with Crippen molar-refractivity contribution in [2.24, 2.45) is 0 Å². The summed E-state index contributed by atoms with van der Waals surface area (Å²) < 4.78 is 11.4. The van der Waals surface area contributed by atoms with Gasteiger partial charge in [0.2, 0.25) is 11.8 Å². The average Bonchev–Trinajstić information content (AvgIpc) is 3.03. The lowest BCUT2D eigenvalue weighted by atomic mass is 10.2. The summed E-state index contributed by atoms with van der Waals surface area (Å²) >= 11 is 5.81. The minimum Gasteiger partial charge on any atom is -0.320 e. The Morgan fingerprint density at radius 2 is 1.26 bits per heavy atom. The number of benzene rings is 2. The Bertz CT molecular complexity index is 765. The third-order valence-electron chi connectivity index (χ3n) is 4.15. The molecular formula is C20H18ClNO5. The molecule has 0 radical (unpaired) electrons. The molecule has 2 aromatic rings.